The molecule has 0 aromatic carbocycles. The first-order chi connectivity index (χ1) is 6.54. The van der Waals surface area contributed by atoms with E-state index >= 15 is 0 Å². The fraction of sp³-hybridized carbons (Fsp3) is 0.375. The lowest BCUT2D eigenvalue weighted by atomic mass is 10.1. The summed E-state index contributed by atoms with van der Waals surface area (Å²) in [5, 5.41) is 8.55. The number of nitrogens with two attached hydrogens (primary N) is 1. The van der Waals surface area contributed by atoms with Gasteiger partial charge in [0.15, 0.2) is 11.0 Å². The average molecular weight is 239 g/mol. The predicted molar refractivity (Wildman–Crippen MR) is 53.0 cm³/mol. The van der Waals surface area contributed by atoms with Crippen molar-refractivity contribution in [2.45, 2.75) is 12.5 Å². The van der Waals surface area contributed by atoms with Crippen molar-refractivity contribution < 1.29 is 9.50 Å². The van der Waals surface area contributed by atoms with Gasteiger partial charge < -0.3 is 10.8 Å². The summed E-state index contributed by atoms with van der Waals surface area (Å²) in [4.78, 5) is 3.58. The second-order valence-corrected chi connectivity index (χ2v) is 3.57. The highest BCUT2D eigenvalue weighted by molar-refractivity contribution is 6.32. The zero-order chi connectivity index (χ0) is 10.7. The van der Waals surface area contributed by atoms with Crippen molar-refractivity contribution in [2.75, 3.05) is 6.61 Å². The molecule has 3 nitrogen and oxygen atoms in total. The Morgan fingerprint density at radius 3 is 2.71 bits per heavy atom. The van der Waals surface area contributed by atoms with Crippen LogP contribution in [0.4, 0.5) is 4.39 Å². The van der Waals surface area contributed by atoms with E-state index in [0.29, 0.717) is 5.56 Å². The highest BCUT2D eigenvalue weighted by atomic mass is 35.5. The molecule has 0 saturated heterocycles. The molecule has 0 aliphatic carbocycles. The summed E-state index contributed by atoms with van der Waals surface area (Å²) < 4.78 is 13.0. The van der Waals surface area contributed by atoms with Crippen LogP contribution in [0.2, 0.25) is 10.3 Å². The third kappa shape index (κ3) is 2.78. The van der Waals surface area contributed by atoms with E-state index in [1.165, 1.54) is 6.07 Å². The molecular formula is C8H9Cl2FN2O. The van der Waals surface area contributed by atoms with Crippen LogP contribution in [-0.4, -0.2) is 22.7 Å². The van der Waals surface area contributed by atoms with Gasteiger partial charge >= 0.3 is 0 Å². The summed E-state index contributed by atoms with van der Waals surface area (Å²) in [6.45, 7) is -0.194. The Hall–Kier alpha value is -0.420. The van der Waals surface area contributed by atoms with Gasteiger partial charge in [-0.3, -0.25) is 0 Å². The van der Waals surface area contributed by atoms with Crippen LogP contribution >= 0.6 is 23.2 Å². The first-order valence-corrected chi connectivity index (χ1v) is 4.67. The van der Waals surface area contributed by atoms with Gasteiger partial charge in [-0.1, -0.05) is 23.2 Å². The maximum atomic E-state index is 13.0. The first kappa shape index (κ1) is 11.7. The van der Waals surface area contributed by atoms with Gasteiger partial charge in [-0.15, -0.1) is 0 Å². The Balaban J connectivity index is 2.92. The molecule has 3 N–H and O–H groups in total. The monoisotopic (exact) mass is 238 g/mol. The molecule has 6 heteroatoms. The number of halogens is 3. The molecule has 1 atom stereocenters. The van der Waals surface area contributed by atoms with Crippen LogP contribution in [0.25, 0.3) is 0 Å². The fourth-order valence-electron chi connectivity index (χ4n) is 0.974. The lowest BCUT2D eigenvalue weighted by Crippen LogP contribution is -2.27. The topological polar surface area (TPSA) is 59.1 Å². The van der Waals surface area contributed by atoms with Gasteiger partial charge in [0.1, 0.15) is 5.15 Å². The van der Waals surface area contributed by atoms with Crippen LogP contribution in [0, 0.1) is 5.82 Å². The van der Waals surface area contributed by atoms with Gasteiger partial charge in [0.25, 0.3) is 0 Å². The fourth-order valence-corrected chi connectivity index (χ4v) is 1.37. The van der Waals surface area contributed by atoms with E-state index < -0.39 is 11.9 Å². The van der Waals surface area contributed by atoms with E-state index in [-0.39, 0.29) is 23.3 Å². The van der Waals surface area contributed by atoms with Crippen LogP contribution in [0.3, 0.4) is 0 Å². The molecule has 0 aliphatic rings. The molecule has 0 spiro atoms. The molecule has 1 heterocycles. The van der Waals surface area contributed by atoms with Crippen molar-refractivity contribution in [3.05, 3.63) is 27.8 Å². The van der Waals surface area contributed by atoms with E-state index in [0.717, 1.165) is 0 Å². The minimum absolute atomic E-state index is 0.111. The molecule has 14 heavy (non-hydrogen) atoms. The Bertz CT molecular complexity index is 335. The third-order valence-electron chi connectivity index (χ3n) is 1.68. The van der Waals surface area contributed by atoms with Gasteiger partial charge in [0.05, 0.1) is 6.61 Å². The first-order valence-electron chi connectivity index (χ1n) is 3.91. The normalized spacial score (nSPS) is 12.9. The number of rotatable bonds is 3. The lowest BCUT2D eigenvalue weighted by Gasteiger charge is -2.09. The number of nitrogens with zero attached hydrogens (tertiary/aromatic N) is 1. The lowest BCUT2D eigenvalue weighted by molar-refractivity contribution is 0.265. The molecule has 0 fully saturated rings. The van der Waals surface area contributed by atoms with Gasteiger partial charge in [0.2, 0.25) is 0 Å². The number of aromatic nitrogens is 1. The number of aliphatic hydroxyl groups is 1. The summed E-state index contributed by atoms with van der Waals surface area (Å²) in [7, 11) is 0. The van der Waals surface area contributed by atoms with Crippen LogP contribution in [0.5, 0.6) is 0 Å². The largest absolute Gasteiger partial charge is 0.395 e. The van der Waals surface area contributed by atoms with Gasteiger partial charge in [-0.05, 0) is 18.1 Å². The SMILES string of the molecule is NC(CO)Cc1cc(F)c(Cl)nc1Cl. The maximum Gasteiger partial charge on any atom is 0.166 e. The molecule has 0 radical (unpaired) electrons. The smallest absolute Gasteiger partial charge is 0.166 e. The summed E-state index contributed by atoms with van der Waals surface area (Å²) in [5.74, 6) is -0.642. The summed E-state index contributed by atoms with van der Waals surface area (Å²) in [6, 6.07) is 0.697. The van der Waals surface area contributed by atoms with Gasteiger partial charge in [-0.2, -0.15) is 0 Å². The minimum atomic E-state index is -0.642. The molecule has 0 saturated carbocycles. The predicted octanol–water partition coefficient (Wildman–Crippen LogP) is 1.39. The van der Waals surface area contributed by atoms with E-state index in [1.807, 2.05) is 0 Å². The number of pyridine rings is 1. The van der Waals surface area contributed by atoms with Crippen molar-refractivity contribution in [1.29, 1.82) is 0 Å². The standard InChI is InChI=1S/C8H9Cl2FN2O/c9-7-4(1-5(12)3-14)2-6(11)8(10)13-7/h2,5,14H,1,3,12H2. The van der Waals surface area contributed by atoms with Crippen molar-refractivity contribution in [3.63, 3.8) is 0 Å². The van der Waals surface area contributed by atoms with Crippen LogP contribution in [-0.2, 0) is 6.42 Å². The highest BCUT2D eigenvalue weighted by Crippen LogP contribution is 2.21. The molecule has 1 aromatic heterocycles. The second-order valence-electron chi connectivity index (χ2n) is 2.86. The zero-order valence-electron chi connectivity index (χ0n) is 7.17. The molecular weight excluding hydrogens is 230 g/mol. The molecule has 0 amide bonds. The molecule has 1 unspecified atom stereocenters. The zero-order valence-corrected chi connectivity index (χ0v) is 8.69. The maximum absolute atomic E-state index is 13.0. The molecule has 78 valence electrons. The van der Waals surface area contributed by atoms with E-state index in [4.69, 9.17) is 34.0 Å². The Labute approximate surface area is 90.7 Å². The van der Waals surface area contributed by atoms with Crippen LogP contribution in [0.1, 0.15) is 5.56 Å². The number of hydrogen-bond acceptors (Lipinski definition) is 3. The van der Waals surface area contributed by atoms with Crippen molar-refractivity contribution in [2.24, 2.45) is 5.73 Å². The Morgan fingerprint density at radius 2 is 2.14 bits per heavy atom. The quantitative estimate of drug-likeness (QED) is 0.783. The van der Waals surface area contributed by atoms with Crippen molar-refractivity contribution in [3.8, 4) is 0 Å². The van der Waals surface area contributed by atoms with Gasteiger partial charge in [-0.25, -0.2) is 9.37 Å². The van der Waals surface area contributed by atoms with E-state index in [1.54, 1.807) is 0 Å². The molecule has 0 bridgehead atoms. The molecule has 0 aliphatic heterocycles. The second kappa shape index (κ2) is 4.89. The van der Waals surface area contributed by atoms with Crippen LogP contribution < -0.4 is 5.73 Å². The van der Waals surface area contributed by atoms with E-state index in [9.17, 15) is 4.39 Å². The number of hydrogen-bond donors (Lipinski definition) is 2. The average Bonchev–Trinajstić information content (AvgIpc) is 2.14. The highest BCUT2D eigenvalue weighted by Gasteiger charge is 2.11. The summed E-state index contributed by atoms with van der Waals surface area (Å²) in [5.41, 5.74) is 5.91. The molecule has 1 rings (SSSR count). The van der Waals surface area contributed by atoms with Crippen molar-refractivity contribution in [1.82, 2.24) is 4.98 Å². The van der Waals surface area contributed by atoms with Crippen LogP contribution in [0.15, 0.2) is 6.07 Å². The van der Waals surface area contributed by atoms with Gasteiger partial charge in [0, 0.05) is 6.04 Å². The van der Waals surface area contributed by atoms with E-state index in [2.05, 4.69) is 4.98 Å². The Kier molecular flexibility index (Phi) is 4.07. The minimum Gasteiger partial charge on any atom is -0.395 e. The van der Waals surface area contributed by atoms with Crippen molar-refractivity contribution >= 4 is 23.2 Å². The third-order valence-corrected chi connectivity index (χ3v) is 2.27. The Morgan fingerprint density at radius 1 is 1.50 bits per heavy atom. The molecule has 1 aromatic rings. The summed E-state index contributed by atoms with van der Waals surface area (Å²) in [6.07, 6.45) is 0.260. The summed E-state index contributed by atoms with van der Waals surface area (Å²) >= 11 is 11.1. The number of aliphatic hydroxyl groups excluding tert-OH is 1.